The normalized spacial score (nSPS) is 22.7. The molecule has 2 aliphatic rings. The largest absolute Gasteiger partial charge is 0.446 e. The highest BCUT2D eigenvalue weighted by molar-refractivity contribution is 5.93. The van der Waals surface area contributed by atoms with Gasteiger partial charge in [-0.1, -0.05) is 5.16 Å². The second-order valence-electron chi connectivity index (χ2n) is 12.3. The van der Waals surface area contributed by atoms with E-state index in [2.05, 4.69) is 40.6 Å². The van der Waals surface area contributed by atoms with Crippen LogP contribution in [0.4, 0.5) is 22.0 Å². The Labute approximate surface area is 258 Å². The van der Waals surface area contributed by atoms with E-state index in [9.17, 15) is 31.5 Å². The molecule has 6 rings (SSSR count). The van der Waals surface area contributed by atoms with Crippen LogP contribution in [0.5, 0.6) is 0 Å². The first-order valence-corrected chi connectivity index (χ1v) is 14.8. The molecule has 17 heteroatoms. The quantitative estimate of drug-likeness (QED) is 0.262. The fourth-order valence-corrected chi connectivity index (χ4v) is 6.51. The van der Waals surface area contributed by atoms with E-state index in [1.54, 1.807) is 26.1 Å². The molecule has 2 amide bonds. The lowest BCUT2D eigenvalue weighted by molar-refractivity contribution is -0.155. The second-order valence-corrected chi connectivity index (χ2v) is 12.3. The summed E-state index contributed by atoms with van der Waals surface area (Å²) in [5.74, 6) is -3.81. The SMILES string of the molecule is Cc1nc(C[C@]2(Cc3cnn4cc([C@@H](NC(=O)c5nonc5C)C5CCC(F)(F)CC5)nc4c3)C[C@@H](C(F)(F)F)NC2=O)c(C)o1. The van der Waals surface area contributed by atoms with Crippen LogP contribution in [-0.2, 0) is 17.6 Å². The highest BCUT2D eigenvalue weighted by atomic mass is 19.4. The highest BCUT2D eigenvalue weighted by Crippen LogP contribution is 2.43. The van der Waals surface area contributed by atoms with E-state index >= 15 is 0 Å². The van der Waals surface area contributed by atoms with Gasteiger partial charge in [-0.25, -0.2) is 27.9 Å². The number of amides is 2. The van der Waals surface area contributed by atoms with Gasteiger partial charge in [-0.15, -0.1) is 0 Å². The van der Waals surface area contributed by atoms with Crippen molar-refractivity contribution in [3.05, 3.63) is 58.5 Å². The summed E-state index contributed by atoms with van der Waals surface area (Å²) in [6.45, 7) is 4.79. The number of alkyl halides is 5. The van der Waals surface area contributed by atoms with Gasteiger partial charge in [0, 0.05) is 26.2 Å². The average molecular weight is 651 g/mol. The Balaban J connectivity index is 1.32. The van der Waals surface area contributed by atoms with Crippen molar-refractivity contribution in [3.8, 4) is 0 Å². The Bertz CT molecular complexity index is 1770. The number of halogens is 5. The first-order valence-electron chi connectivity index (χ1n) is 14.8. The number of hydrogen-bond donors (Lipinski definition) is 2. The maximum Gasteiger partial charge on any atom is 0.408 e. The number of nitrogens with zero attached hydrogens (tertiary/aromatic N) is 6. The topological polar surface area (TPSA) is 153 Å². The predicted molar refractivity (Wildman–Crippen MR) is 148 cm³/mol. The molecule has 12 nitrogen and oxygen atoms in total. The Hall–Kier alpha value is -4.44. The molecule has 0 spiro atoms. The predicted octanol–water partition coefficient (Wildman–Crippen LogP) is 4.54. The molecule has 246 valence electrons. The van der Waals surface area contributed by atoms with Crippen LogP contribution in [0.25, 0.3) is 5.65 Å². The van der Waals surface area contributed by atoms with E-state index in [-0.39, 0.29) is 55.8 Å². The molecule has 5 heterocycles. The minimum absolute atomic E-state index is 0.0508. The molecule has 4 aromatic rings. The molecule has 1 aliphatic heterocycles. The summed E-state index contributed by atoms with van der Waals surface area (Å²) in [6.07, 6.45) is -2.79. The molecule has 0 aromatic carbocycles. The molecule has 1 saturated heterocycles. The van der Waals surface area contributed by atoms with Crippen LogP contribution >= 0.6 is 0 Å². The first kappa shape index (κ1) is 31.5. The van der Waals surface area contributed by atoms with Crippen LogP contribution < -0.4 is 10.6 Å². The zero-order valence-corrected chi connectivity index (χ0v) is 25.1. The van der Waals surface area contributed by atoms with Crippen LogP contribution in [0.2, 0.25) is 0 Å². The molecular formula is C29H31F5N8O4. The van der Waals surface area contributed by atoms with Crippen molar-refractivity contribution >= 4 is 17.5 Å². The molecule has 1 aliphatic carbocycles. The number of imidazole rings is 1. The number of carbonyl (C=O) groups is 2. The van der Waals surface area contributed by atoms with Gasteiger partial charge < -0.3 is 15.1 Å². The van der Waals surface area contributed by atoms with Crippen LogP contribution in [0, 0.1) is 32.1 Å². The summed E-state index contributed by atoms with van der Waals surface area (Å²) >= 11 is 0. The molecule has 1 saturated carbocycles. The molecule has 2 N–H and O–H groups in total. The number of carbonyl (C=O) groups excluding carboxylic acids is 2. The molecule has 46 heavy (non-hydrogen) atoms. The molecule has 2 fully saturated rings. The Morgan fingerprint density at radius 1 is 1.15 bits per heavy atom. The lowest BCUT2D eigenvalue weighted by Gasteiger charge is -2.33. The Morgan fingerprint density at radius 2 is 1.89 bits per heavy atom. The van der Waals surface area contributed by atoms with Gasteiger partial charge >= 0.3 is 6.18 Å². The molecule has 0 radical (unpaired) electrons. The smallest absolute Gasteiger partial charge is 0.408 e. The van der Waals surface area contributed by atoms with Crippen LogP contribution in [0.1, 0.15) is 82.9 Å². The molecule has 0 bridgehead atoms. The van der Waals surface area contributed by atoms with E-state index < -0.39 is 47.8 Å². The van der Waals surface area contributed by atoms with E-state index in [1.165, 1.54) is 17.6 Å². The zero-order valence-electron chi connectivity index (χ0n) is 25.1. The van der Waals surface area contributed by atoms with Crippen molar-refractivity contribution < 1.29 is 40.6 Å². The first-order chi connectivity index (χ1) is 21.6. The third-order valence-corrected chi connectivity index (χ3v) is 8.93. The molecule has 3 atom stereocenters. The Morgan fingerprint density at radius 3 is 2.50 bits per heavy atom. The number of oxazole rings is 1. The summed E-state index contributed by atoms with van der Waals surface area (Å²) in [6, 6.07) is -1.21. The molecular weight excluding hydrogens is 619 g/mol. The number of aryl methyl sites for hydroxylation is 3. The zero-order chi connectivity index (χ0) is 33.0. The van der Waals surface area contributed by atoms with E-state index in [1.807, 2.05) is 0 Å². The van der Waals surface area contributed by atoms with Gasteiger partial charge in [0.25, 0.3) is 5.91 Å². The number of fused-ring (bicyclic) bond motifs is 1. The van der Waals surface area contributed by atoms with Gasteiger partial charge in [-0.3, -0.25) is 9.59 Å². The highest BCUT2D eigenvalue weighted by Gasteiger charge is 2.56. The van der Waals surface area contributed by atoms with Crippen molar-refractivity contribution in [2.75, 3.05) is 0 Å². The minimum Gasteiger partial charge on any atom is -0.446 e. The van der Waals surface area contributed by atoms with Crippen LogP contribution in [0.3, 0.4) is 0 Å². The van der Waals surface area contributed by atoms with Gasteiger partial charge in [0.05, 0.1) is 35.2 Å². The number of hydrogen-bond acceptors (Lipinski definition) is 9. The number of rotatable bonds is 8. The summed E-state index contributed by atoms with van der Waals surface area (Å²) in [5, 5.41) is 16.6. The summed E-state index contributed by atoms with van der Waals surface area (Å²) in [4.78, 5) is 35.3. The lowest BCUT2D eigenvalue weighted by Crippen LogP contribution is -2.39. The second kappa shape index (κ2) is 11.4. The third-order valence-electron chi connectivity index (χ3n) is 8.93. The van der Waals surface area contributed by atoms with Gasteiger partial charge in [-0.2, -0.15) is 18.3 Å². The molecule has 0 unspecified atom stereocenters. The standard InChI is InChI=1S/C29H31F5N8O4/c1-14-23(41-46-40-14)25(43)39-24(18-4-6-28(30,31)7-5-18)20-13-42-22(37-20)8-17(12-35-42)9-27(10-19-15(2)45-16(3)36-19)11-21(29(32,33)34)38-26(27)44/h8,12-13,18,21,24H,4-7,9-11H2,1-3H3,(H,38,44)(H,39,43)/t21-,24-,27+/m0/s1. The van der Waals surface area contributed by atoms with Crippen LogP contribution in [-0.4, -0.2) is 59.9 Å². The number of nitrogens with one attached hydrogen (secondary N) is 2. The van der Waals surface area contributed by atoms with E-state index in [4.69, 9.17) is 4.42 Å². The Kier molecular flexibility index (Phi) is 7.83. The van der Waals surface area contributed by atoms with Crippen molar-refractivity contribution in [2.24, 2.45) is 11.3 Å². The number of aromatic nitrogens is 6. The maximum atomic E-state index is 14.0. The van der Waals surface area contributed by atoms with Crippen molar-refractivity contribution in [2.45, 2.75) is 89.9 Å². The van der Waals surface area contributed by atoms with Crippen LogP contribution in [0.15, 0.2) is 27.5 Å². The van der Waals surface area contributed by atoms with E-state index in [0.29, 0.717) is 34.2 Å². The van der Waals surface area contributed by atoms with Crippen molar-refractivity contribution in [1.29, 1.82) is 0 Å². The van der Waals surface area contributed by atoms with Crippen molar-refractivity contribution in [1.82, 2.24) is 40.5 Å². The maximum absolute atomic E-state index is 14.0. The minimum atomic E-state index is -4.64. The average Bonchev–Trinajstić information content (AvgIpc) is 3.74. The van der Waals surface area contributed by atoms with E-state index in [0.717, 1.165) is 0 Å². The van der Waals surface area contributed by atoms with Crippen molar-refractivity contribution in [3.63, 3.8) is 0 Å². The third kappa shape index (κ3) is 6.18. The molecule has 4 aromatic heterocycles. The summed E-state index contributed by atoms with van der Waals surface area (Å²) in [7, 11) is 0. The monoisotopic (exact) mass is 650 g/mol. The van der Waals surface area contributed by atoms with Gasteiger partial charge in [-0.05, 0) is 62.2 Å². The van der Waals surface area contributed by atoms with Gasteiger partial charge in [0.2, 0.25) is 11.8 Å². The van der Waals surface area contributed by atoms with Gasteiger partial charge in [0.15, 0.2) is 17.2 Å². The summed E-state index contributed by atoms with van der Waals surface area (Å²) in [5.41, 5.74) is 0.177. The fraction of sp³-hybridized carbons (Fsp3) is 0.552. The lowest BCUT2D eigenvalue weighted by atomic mass is 9.75. The van der Waals surface area contributed by atoms with Gasteiger partial charge in [0.1, 0.15) is 17.5 Å². The fourth-order valence-electron chi connectivity index (χ4n) is 6.51. The summed E-state index contributed by atoms with van der Waals surface area (Å²) < 4.78 is 80.9.